The van der Waals surface area contributed by atoms with Crippen LogP contribution in [0.5, 0.6) is 5.06 Å². The molecule has 0 bridgehead atoms. The molecular weight excluding hydrogens is 266 g/mol. The van der Waals surface area contributed by atoms with Crippen molar-refractivity contribution in [3.05, 3.63) is 27.1 Å². The van der Waals surface area contributed by atoms with Crippen LogP contribution < -0.4 is 4.74 Å². The topological polar surface area (TPSA) is 86.5 Å². The molecule has 1 unspecified atom stereocenters. The Morgan fingerprint density at radius 3 is 2.76 bits per heavy atom. The third-order valence-corrected chi connectivity index (χ3v) is 4.09. The third-order valence-electron chi connectivity index (χ3n) is 2.00. The van der Waals surface area contributed by atoms with Gasteiger partial charge in [-0.15, -0.1) is 0 Å². The van der Waals surface area contributed by atoms with Crippen molar-refractivity contribution < 1.29 is 18.1 Å². The van der Waals surface area contributed by atoms with Crippen LogP contribution in [0.2, 0.25) is 0 Å². The molecule has 0 aliphatic carbocycles. The molecule has 0 saturated heterocycles. The summed E-state index contributed by atoms with van der Waals surface area (Å²) in [4.78, 5) is 9.96. The molecule has 0 spiro atoms. The second-order valence-corrected chi connectivity index (χ2v) is 5.44. The molecule has 1 aromatic rings. The van der Waals surface area contributed by atoms with Crippen LogP contribution in [0.3, 0.4) is 0 Å². The predicted molar refractivity (Wildman–Crippen MR) is 64.8 cm³/mol. The average Bonchev–Trinajstić information content (AvgIpc) is 2.65. The molecule has 0 aromatic carbocycles. The molecule has 0 aliphatic rings. The smallest absolute Gasteiger partial charge is 0.342 e. The molecule has 0 amide bonds. The van der Waals surface area contributed by atoms with Gasteiger partial charge in [-0.25, -0.2) is 8.42 Å². The maximum atomic E-state index is 10.8. The van der Waals surface area contributed by atoms with E-state index >= 15 is 0 Å². The van der Waals surface area contributed by atoms with Gasteiger partial charge in [0.15, 0.2) is 5.06 Å². The summed E-state index contributed by atoms with van der Waals surface area (Å²) in [6, 6.07) is 2.98. The highest BCUT2D eigenvalue weighted by Crippen LogP contribution is 2.31. The van der Waals surface area contributed by atoms with E-state index < -0.39 is 21.0 Å². The van der Waals surface area contributed by atoms with Gasteiger partial charge in [-0.3, -0.25) is 10.1 Å². The number of hydrogen-bond acceptors (Lipinski definition) is 6. The number of nitro groups is 1. The van der Waals surface area contributed by atoms with Crippen molar-refractivity contribution in [2.45, 2.75) is 25.1 Å². The van der Waals surface area contributed by atoms with Crippen LogP contribution in [0.1, 0.15) is 30.0 Å². The molecule has 8 heteroatoms. The van der Waals surface area contributed by atoms with E-state index in [1.54, 1.807) is 6.07 Å². The van der Waals surface area contributed by atoms with Gasteiger partial charge in [-0.05, 0) is 18.6 Å². The van der Waals surface area contributed by atoms with E-state index in [0.717, 1.165) is 24.2 Å². The van der Waals surface area contributed by atoms with Gasteiger partial charge >= 0.3 is 5.37 Å². The van der Waals surface area contributed by atoms with Crippen molar-refractivity contribution in [2.75, 3.05) is 6.61 Å². The zero-order valence-electron chi connectivity index (χ0n) is 9.20. The summed E-state index contributed by atoms with van der Waals surface area (Å²) in [5.41, 5.74) is 0. The number of unbranched alkanes of at least 4 members (excludes halogenated alkanes) is 1. The first-order valence-corrected chi connectivity index (χ1v) is 7.12. The van der Waals surface area contributed by atoms with Gasteiger partial charge in [0.05, 0.1) is 11.5 Å². The summed E-state index contributed by atoms with van der Waals surface area (Å²) in [6.45, 7) is 2.55. The minimum atomic E-state index is -3.13. The Labute approximate surface area is 104 Å². The Morgan fingerprint density at radius 1 is 1.53 bits per heavy atom. The van der Waals surface area contributed by atoms with E-state index in [0.29, 0.717) is 11.7 Å². The Balaban J connectivity index is 2.75. The van der Waals surface area contributed by atoms with Gasteiger partial charge in [0, 0.05) is 4.92 Å². The fourth-order valence-corrected chi connectivity index (χ4v) is 2.85. The zero-order valence-corrected chi connectivity index (χ0v) is 10.9. The van der Waals surface area contributed by atoms with Crippen molar-refractivity contribution in [2.24, 2.45) is 0 Å². The summed E-state index contributed by atoms with van der Waals surface area (Å²) in [5, 5.41) is 9.44. The molecule has 1 heterocycles. The SMILES string of the molecule is CCCCOc1ccc(C([N+](=O)[O-])[SH](=O)=O)s1. The fraction of sp³-hybridized carbons (Fsp3) is 0.556. The Morgan fingerprint density at radius 2 is 2.24 bits per heavy atom. The molecule has 0 saturated carbocycles. The van der Waals surface area contributed by atoms with Crippen LogP contribution >= 0.6 is 11.3 Å². The van der Waals surface area contributed by atoms with E-state index in [9.17, 15) is 18.5 Å². The summed E-state index contributed by atoms with van der Waals surface area (Å²) in [5.74, 6) is 0. The van der Waals surface area contributed by atoms with Crippen LogP contribution in [0, 0.1) is 10.1 Å². The van der Waals surface area contributed by atoms with E-state index in [1.807, 2.05) is 6.92 Å². The summed E-state index contributed by atoms with van der Waals surface area (Å²) >= 11 is 1.00. The maximum Gasteiger partial charge on any atom is 0.342 e. The molecule has 17 heavy (non-hydrogen) atoms. The highest BCUT2D eigenvalue weighted by Gasteiger charge is 2.28. The van der Waals surface area contributed by atoms with Crippen molar-refractivity contribution in [1.29, 1.82) is 0 Å². The Kier molecular flexibility index (Phi) is 5.36. The first-order valence-electron chi connectivity index (χ1n) is 5.05. The molecule has 1 rings (SSSR count). The van der Waals surface area contributed by atoms with Gasteiger partial charge in [0.25, 0.3) is 0 Å². The quantitative estimate of drug-likeness (QED) is 0.356. The first-order chi connectivity index (χ1) is 8.06. The molecule has 0 radical (unpaired) electrons. The summed E-state index contributed by atoms with van der Waals surface area (Å²) in [7, 11) is -3.13. The normalized spacial score (nSPS) is 12.6. The zero-order chi connectivity index (χ0) is 12.8. The molecule has 0 fully saturated rings. The van der Waals surface area contributed by atoms with Crippen LogP contribution in [0.15, 0.2) is 12.1 Å². The maximum absolute atomic E-state index is 10.8. The molecule has 0 N–H and O–H groups in total. The highest BCUT2D eigenvalue weighted by atomic mass is 32.2. The average molecular weight is 279 g/mol. The van der Waals surface area contributed by atoms with E-state index in [2.05, 4.69) is 0 Å². The molecule has 0 aliphatic heterocycles. The van der Waals surface area contributed by atoms with Gasteiger partial charge in [-0.1, -0.05) is 24.7 Å². The number of hydrogen-bond donors (Lipinski definition) is 1. The summed E-state index contributed by atoms with van der Waals surface area (Å²) < 4.78 is 26.9. The lowest BCUT2D eigenvalue weighted by Crippen LogP contribution is -2.10. The molecule has 1 atom stereocenters. The second kappa shape index (κ2) is 6.55. The van der Waals surface area contributed by atoms with E-state index in [4.69, 9.17) is 4.74 Å². The fourth-order valence-electron chi connectivity index (χ4n) is 1.15. The number of ether oxygens (including phenoxy) is 1. The van der Waals surface area contributed by atoms with Crippen LogP contribution in [-0.4, -0.2) is 19.9 Å². The largest absolute Gasteiger partial charge is 0.484 e. The van der Waals surface area contributed by atoms with Crippen molar-refractivity contribution in [1.82, 2.24) is 0 Å². The third kappa shape index (κ3) is 3.97. The van der Waals surface area contributed by atoms with Crippen LogP contribution in [-0.2, 0) is 10.7 Å². The van der Waals surface area contributed by atoms with E-state index in [-0.39, 0.29) is 4.88 Å². The number of thiophene rings is 1. The Bertz CT molecular complexity index is 446. The van der Waals surface area contributed by atoms with Gasteiger partial charge in [0.2, 0.25) is 10.7 Å². The minimum absolute atomic E-state index is 0.178. The number of nitrogens with zero attached hydrogens (tertiary/aromatic N) is 1. The highest BCUT2D eigenvalue weighted by molar-refractivity contribution is 7.72. The van der Waals surface area contributed by atoms with Crippen molar-refractivity contribution in [3.63, 3.8) is 0 Å². The number of thiol groups is 1. The Hall–Kier alpha value is -1.15. The predicted octanol–water partition coefficient (Wildman–Crippen LogP) is 1.81. The number of rotatable bonds is 7. The van der Waals surface area contributed by atoms with Gasteiger partial charge in [0.1, 0.15) is 0 Å². The lowest BCUT2D eigenvalue weighted by atomic mass is 10.4. The monoisotopic (exact) mass is 279 g/mol. The summed E-state index contributed by atoms with van der Waals surface area (Å²) in [6.07, 6.45) is 1.88. The lowest BCUT2D eigenvalue weighted by molar-refractivity contribution is -0.501. The van der Waals surface area contributed by atoms with Gasteiger partial charge in [-0.2, -0.15) is 0 Å². The van der Waals surface area contributed by atoms with Crippen molar-refractivity contribution >= 4 is 22.0 Å². The minimum Gasteiger partial charge on any atom is -0.484 e. The first kappa shape index (κ1) is 13.9. The lowest BCUT2D eigenvalue weighted by Gasteiger charge is -2.01. The van der Waals surface area contributed by atoms with Crippen molar-refractivity contribution in [3.8, 4) is 5.06 Å². The van der Waals surface area contributed by atoms with E-state index in [1.165, 1.54) is 6.07 Å². The van der Waals surface area contributed by atoms with Crippen LogP contribution in [0.25, 0.3) is 0 Å². The second-order valence-electron chi connectivity index (χ2n) is 3.30. The van der Waals surface area contributed by atoms with Crippen LogP contribution in [0.4, 0.5) is 0 Å². The standard InChI is InChI=1S/C9H13NO5S2/c1-2-3-6-15-8-5-4-7(16-8)9(10(11)12)17(13)14/h4-5,9,17H,2-3,6H2,1H3. The molecule has 1 aromatic heterocycles. The molecule has 6 nitrogen and oxygen atoms in total. The molecular formula is C9H13NO5S2. The molecule has 96 valence electrons. The van der Waals surface area contributed by atoms with Gasteiger partial charge < -0.3 is 4.74 Å².